The lowest BCUT2D eigenvalue weighted by atomic mass is 9.61. The fraction of sp³-hybridized carbons (Fsp3) is 0.682. The molecule has 0 radical (unpaired) electrons. The minimum atomic E-state index is -0.457. The zero-order chi connectivity index (χ0) is 18.3. The van der Waals surface area contributed by atoms with Gasteiger partial charge in [0.25, 0.3) is 0 Å². The van der Waals surface area contributed by atoms with E-state index in [0.717, 1.165) is 51.4 Å². The van der Waals surface area contributed by atoms with Crippen LogP contribution in [0, 0.1) is 11.3 Å². The largest absolute Gasteiger partial charge is 0.346 e. The fourth-order valence-corrected chi connectivity index (χ4v) is 4.48. The molecule has 1 fully saturated rings. The average Bonchev–Trinajstić information content (AvgIpc) is 2.61. The summed E-state index contributed by atoms with van der Waals surface area (Å²) in [5, 5.41) is 9.13. The number of rotatable bonds is 7. The van der Waals surface area contributed by atoms with Gasteiger partial charge in [0.1, 0.15) is 0 Å². The van der Waals surface area contributed by atoms with Crippen LogP contribution in [0.3, 0.4) is 0 Å². The van der Waals surface area contributed by atoms with Gasteiger partial charge in [-0.05, 0) is 36.7 Å². The SMILES string of the molecule is CC(C)(C)CCCCC(C(=O)OO)C1(c2ccccc2)CCCCC1. The number of benzene rings is 1. The van der Waals surface area contributed by atoms with Crippen LogP contribution in [-0.4, -0.2) is 11.2 Å². The number of unbranched alkanes of at least 4 members (excludes halogenated alkanes) is 1. The molecular formula is C22H34O3. The minimum absolute atomic E-state index is 0.193. The summed E-state index contributed by atoms with van der Waals surface area (Å²) in [7, 11) is 0. The summed E-state index contributed by atoms with van der Waals surface area (Å²) in [6, 6.07) is 10.4. The van der Waals surface area contributed by atoms with Crippen molar-refractivity contribution in [3.8, 4) is 0 Å². The molecular weight excluding hydrogens is 312 g/mol. The predicted molar refractivity (Wildman–Crippen MR) is 101 cm³/mol. The molecule has 1 N–H and O–H groups in total. The van der Waals surface area contributed by atoms with Gasteiger partial charge in [-0.1, -0.05) is 83.2 Å². The lowest BCUT2D eigenvalue weighted by Gasteiger charge is -2.42. The van der Waals surface area contributed by atoms with Crippen LogP contribution in [0.25, 0.3) is 0 Å². The highest BCUT2D eigenvalue weighted by molar-refractivity contribution is 5.74. The molecule has 0 amide bonds. The molecule has 1 aromatic rings. The van der Waals surface area contributed by atoms with E-state index in [9.17, 15) is 4.79 Å². The van der Waals surface area contributed by atoms with Crippen molar-refractivity contribution in [1.82, 2.24) is 0 Å². The second-order valence-corrected chi connectivity index (χ2v) is 8.85. The average molecular weight is 347 g/mol. The molecule has 0 heterocycles. The van der Waals surface area contributed by atoms with Crippen LogP contribution < -0.4 is 0 Å². The van der Waals surface area contributed by atoms with Crippen LogP contribution in [-0.2, 0) is 15.1 Å². The maximum absolute atomic E-state index is 12.5. The lowest BCUT2D eigenvalue weighted by Crippen LogP contribution is -2.42. The van der Waals surface area contributed by atoms with E-state index >= 15 is 0 Å². The standard InChI is InChI=1S/C22H34O3/c1-21(2,3)15-11-8-14-19(20(23)25-24)22(16-9-5-10-17-22)18-12-6-4-7-13-18/h4,6-7,12-13,19,24H,5,8-11,14-17H2,1-3H3. The van der Waals surface area contributed by atoms with Crippen molar-refractivity contribution in [2.75, 3.05) is 0 Å². The van der Waals surface area contributed by atoms with Gasteiger partial charge in [-0.15, -0.1) is 0 Å². The second kappa shape index (κ2) is 8.84. The van der Waals surface area contributed by atoms with Gasteiger partial charge in [-0.25, -0.2) is 4.79 Å². The summed E-state index contributed by atoms with van der Waals surface area (Å²) < 4.78 is 0. The first kappa shape index (κ1) is 20.0. The molecule has 2 rings (SSSR count). The molecule has 3 nitrogen and oxygen atoms in total. The number of hydrogen-bond donors (Lipinski definition) is 1. The Bertz CT molecular complexity index is 524. The molecule has 1 aliphatic carbocycles. The van der Waals surface area contributed by atoms with Gasteiger partial charge in [0, 0.05) is 5.41 Å². The molecule has 25 heavy (non-hydrogen) atoms. The van der Waals surface area contributed by atoms with Crippen molar-refractivity contribution >= 4 is 5.97 Å². The molecule has 1 aliphatic rings. The highest BCUT2D eigenvalue weighted by Gasteiger charge is 2.45. The number of carbonyl (C=O) groups excluding carboxylic acids is 1. The van der Waals surface area contributed by atoms with Crippen molar-refractivity contribution in [3.05, 3.63) is 35.9 Å². The molecule has 0 aromatic heterocycles. The first-order valence-electron chi connectivity index (χ1n) is 9.80. The van der Waals surface area contributed by atoms with Gasteiger partial charge in [-0.2, -0.15) is 5.26 Å². The zero-order valence-corrected chi connectivity index (χ0v) is 16.1. The minimum Gasteiger partial charge on any atom is -0.301 e. The summed E-state index contributed by atoms with van der Waals surface area (Å²) >= 11 is 0. The van der Waals surface area contributed by atoms with Gasteiger partial charge in [0.05, 0.1) is 5.92 Å². The Morgan fingerprint density at radius 3 is 2.32 bits per heavy atom. The van der Waals surface area contributed by atoms with Crippen LogP contribution in [0.5, 0.6) is 0 Å². The predicted octanol–water partition coefficient (Wildman–Crippen LogP) is 6.13. The Balaban J connectivity index is 2.20. The monoisotopic (exact) mass is 346 g/mol. The van der Waals surface area contributed by atoms with E-state index in [2.05, 4.69) is 37.8 Å². The molecule has 0 aliphatic heterocycles. The van der Waals surface area contributed by atoms with Crippen molar-refractivity contribution in [2.24, 2.45) is 11.3 Å². The van der Waals surface area contributed by atoms with Gasteiger partial charge in [0.2, 0.25) is 0 Å². The Hall–Kier alpha value is -1.35. The maximum atomic E-state index is 12.5. The van der Waals surface area contributed by atoms with E-state index in [4.69, 9.17) is 5.26 Å². The Morgan fingerprint density at radius 1 is 1.12 bits per heavy atom. The highest BCUT2D eigenvalue weighted by Crippen LogP contribution is 2.47. The molecule has 1 aromatic carbocycles. The van der Waals surface area contributed by atoms with Gasteiger partial charge in [-0.3, -0.25) is 0 Å². The summed E-state index contributed by atoms with van der Waals surface area (Å²) in [4.78, 5) is 16.8. The Labute approximate surface area is 152 Å². The molecule has 0 saturated heterocycles. The van der Waals surface area contributed by atoms with Gasteiger partial charge >= 0.3 is 5.97 Å². The van der Waals surface area contributed by atoms with Gasteiger partial charge in [0.15, 0.2) is 0 Å². The molecule has 3 heteroatoms. The smallest absolute Gasteiger partial charge is 0.301 e. The number of carbonyl (C=O) groups is 1. The Kier molecular flexibility index (Phi) is 7.06. The quantitative estimate of drug-likeness (QED) is 0.367. The van der Waals surface area contributed by atoms with E-state index < -0.39 is 5.97 Å². The van der Waals surface area contributed by atoms with E-state index in [1.54, 1.807) is 0 Å². The topological polar surface area (TPSA) is 46.5 Å². The van der Waals surface area contributed by atoms with Crippen LogP contribution in [0.1, 0.15) is 84.1 Å². The Morgan fingerprint density at radius 2 is 1.76 bits per heavy atom. The van der Waals surface area contributed by atoms with Crippen LogP contribution in [0.15, 0.2) is 30.3 Å². The van der Waals surface area contributed by atoms with E-state index in [0.29, 0.717) is 5.41 Å². The van der Waals surface area contributed by atoms with E-state index in [1.807, 2.05) is 18.2 Å². The van der Waals surface area contributed by atoms with Crippen molar-refractivity contribution in [2.45, 2.75) is 84.0 Å². The molecule has 0 spiro atoms. The van der Waals surface area contributed by atoms with Crippen LogP contribution in [0.2, 0.25) is 0 Å². The number of hydrogen-bond acceptors (Lipinski definition) is 3. The first-order valence-corrected chi connectivity index (χ1v) is 9.80. The van der Waals surface area contributed by atoms with Crippen molar-refractivity contribution in [1.29, 1.82) is 0 Å². The van der Waals surface area contributed by atoms with Gasteiger partial charge < -0.3 is 4.89 Å². The normalized spacial score (nSPS) is 18.6. The van der Waals surface area contributed by atoms with Crippen molar-refractivity contribution in [3.63, 3.8) is 0 Å². The fourth-order valence-electron chi connectivity index (χ4n) is 4.48. The third kappa shape index (κ3) is 5.31. The van der Waals surface area contributed by atoms with Crippen molar-refractivity contribution < 1.29 is 14.9 Å². The lowest BCUT2D eigenvalue weighted by molar-refractivity contribution is -0.242. The second-order valence-electron chi connectivity index (χ2n) is 8.85. The third-order valence-electron chi connectivity index (χ3n) is 5.81. The summed E-state index contributed by atoms with van der Waals surface area (Å²) in [5.41, 5.74) is 1.34. The molecule has 140 valence electrons. The molecule has 1 unspecified atom stereocenters. The molecule has 1 saturated carbocycles. The highest BCUT2D eigenvalue weighted by atomic mass is 17.1. The first-order chi connectivity index (χ1) is 11.9. The summed E-state index contributed by atoms with van der Waals surface area (Å²) in [6.07, 6.45) is 9.50. The summed E-state index contributed by atoms with van der Waals surface area (Å²) in [5.74, 6) is -0.721. The zero-order valence-electron chi connectivity index (χ0n) is 16.1. The summed E-state index contributed by atoms with van der Waals surface area (Å²) in [6.45, 7) is 6.75. The van der Waals surface area contributed by atoms with Crippen LogP contribution in [0.4, 0.5) is 0 Å². The molecule has 0 bridgehead atoms. The van der Waals surface area contributed by atoms with E-state index in [1.165, 1.54) is 12.0 Å². The third-order valence-corrected chi connectivity index (χ3v) is 5.81. The van der Waals surface area contributed by atoms with E-state index in [-0.39, 0.29) is 11.3 Å². The van der Waals surface area contributed by atoms with Crippen LogP contribution >= 0.6 is 0 Å². The molecule has 1 atom stereocenters. The maximum Gasteiger partial charge on any atom is 0.346 e.